The SMILES string of the molecule is Cc1cc(P(c2ccccc2C=NN2CCCCC2)c2cc(C)cc(C(C)(C)C)c2O)c(O)c(C(C)(C)C)c1. The first-order valence-corrected chi connectivity index (χ1v) is 15.5. The van der Waals surface area contributed by atoms with Crippen molar-refractivity contribution in [1.82, 2.24) is 5.01 Å². The van der Waals surface area contributed by atoms with Crippen LogP contribution in [0.15, 0.2) is 53.6 Å². The largest absolute Gasteiger partial charge is 0.507 e. The third-order valence-corrected chi connectivity index (χ3v) is 9.97. The molecule has 1 aliphatic heterocycles. The molecule has 1 fully saturated rings. The zero-order valence-electron chi connectivity index (χ0n) is 25.0. The predicted octanol–water partition coefficient (Wildman–Crippen LogP) is 6.89. The van der Waals surface area contributed by atoms with Gasteiger partial charge in [-0.05, 0) is 80.4 Å². The lowest BCUT2D eigenvalue weighted by molar-refractivity contribution is 0.240. The molecule has 208 valence electrons. The third kappa shape index (κ3) is 6.49. The van der Waals surface area contributed by atoms with Crippen molar-refractivity contribution in [3.05, 3.63) is 76.3 Å². The minimum atomic E-state index is -1.31. The molecule has 1 aliphatic rings. The van der Waals surface area contributed by atoms with Crippen molar-refractivity contribution in [3.8, 4) is 11.5 Å². The van der Waals surface area contributed by atoms with Gasteiger partial charge in [0.05, 0.1) is 6.21 Å². The fourth-order valence-corrected chi connectivity index (χ4v) is 8.06. The van der Waals surface area contributed by atoms with E-state index in [2.05, 4.69) is 103 Å². The zero-order chi connectivity index (χ0) is 28.5. The van der Waals surface area contributed by atoms with Crippen LogP contribution in [0, 0.1) is 13.8 Å². The minimum Gasteiger partial charge on any atom is -0.507 e. The molecule has 39 heavy (non-hydrogen) atoms. The van der Waals surface area contributed by atoms with Crippen LogP contribution in [0.1, 0.15) is 88.6 Å². The molecule has 0 aromatic heterocycles. The first-order valence-electron chi connectivity index (χ1n) is 14.1. The van der Waals surface area contributed by atoms with Gasteiger partial charge in [-0.1, -0.05) is 77.9 Å². The molecular formula is C34H45N2O2P. The van der Waals surface area contributed by atoms with Crippen LogP contribution < -0.4 is 15.9 Å². The highest BCUT2D eigenvalue weighted by atomic mass is 31.1. The molecule has 0 amide bonds. The molecule has 0 spiro atoms. The van der Waals surface area contributed by atoms with Crippen molar-refractivity contribution in [2.45, 2.75) is 85.5 Å². The van der Waals surface area contributed by atoms with Gasteiger partial charge >= 0.3 is 0 Å². The standard InChI is InChI=1S/C34H45N2O2P/c1-23-18-26(33(3,4)5)31(37)29(20-23)39(30-21-24(2)19-27(32(30)38)34(6,7)8)28-15-11-10-14-25(28)22-35-36-16-12-9-13-17-36/h10-11,14-15,18-22,37-38H,9,12-13,16-17H2,1-8H3. The first kappa shape index (κ1) is 29.2. The molecule has 2 N–H and O–H groups in total. The van der Waals surface area contributed by atoms with Crippen molar-refractivity contribution >= 4 is 30.0 Å². The molecule has 0 atom stereocenters. The summed E-state index contributed by atoms with van der Waals surface area (Å²) in [6.45, 7) is 18.9. The summed E-state index contributed by atoms with van der Waals surface area (Å²) in [5.74, 6) is 0.639. The van der Waals surface area contributed by atoms with Crippen molar-refractivity contribution in [3.63, 3.8) is 0 Å². The average molecular weight is 545 g/mol. The van der Waals surface area contributed by atoms with Crippen LogP contribution in [-0.2, 0) is 10.8 Å². The Morgan fingerprint density at radius 3 is 1.69 bits per heavy atom. The second-order valence-electron chi connectivity index (χ2n) is 13.0. The third-order valence-electron chi connectivity index (χ3n) is 7.44. The lowest BCUT2D eigenvalue weighted by Gasteiger charge is -2.30. The van der Waals surface area contributed by atoms with Crippen LogP contribution in [0.5, 0.6) is 11.5 Å². The molecule has 0 radical (unpaired) electrons. The molecule has 1 heterocycles. The fraction of sp³-hybridized carbons (Fsp3) is 0.441. The van der Waals surface area contributed by atoms with E-state index < -0.39 is 7.92 Å². The lowest BCUT2D eigenvalue weighted by Crippen LogP contribution is -2.28. The predicted molar refractivity (Wildman–Crippen MR) is 168 cm³/mol. The van der Waals surface area contributed by atoms with E-state index in [0.29, 0.717) is 11.5 Å². The van der Waals surface area contributed by atoms with Gasteiger partial charge < -0.3 is 10.2 Å². The highest BCUT2D eigenvalue weighted by Crippen LogP contribution is 2.45. The Hall–Kier alpha value is -2.84. The van der Waals surface area contributed by atoms with Crippen molar-refractivity contribution in [1.29, 1.82) is 0 Å². The summed E-state index contributed by atoms with van der Waals surface area (Å²) in [7, 11) is -1.31. The number of rotatable bonds is 5. The average Bonchev–Trinajstić information content (AvgIpc) is 2.86. The summed E-state index contributed by atoms with van der Waals surface area (Å²) >= 11 is 0. The van der Waals surface area contributed by atoms with Gasteiger partial charge in [-0.25, -0.2) is 0 Å². The van der Waals surface area contributed by atoms with Gasteiger partial charge in [-0.3, -0.25) is 5.01 Å². The van der Waals surface area contributed by atoms with Crippen LogP contribution in [0.3, 0.4) is 0 Å². The lowest BCUT2D eigenvalue weighted by atomic mass is 9.85. The Bertz CT molecular complexity index is 1290. The Balaban J connectivity index is 2.01. The van der Waals surface area contributed by atoms with Gasteiger partial charge in [0.2, 0.25) is 0 Å². The maximum absolute atomic E-state index is 11.8. The molecule has 3 aromatic carbocycles. The molecule has 3 aromatic rings. The summed E-state index contributed by atoms with van der Waals surface area (Å²) in [5.41, 5.74) is 4.61. The topological polar surface area (TPSA) is 56.1 Å². The number of phenolic OH excluding ortho intramolecular Hbond substituents is 2. The van der Waals surface area contributed by atoms with Crippen LogP contribution >= 0.6 is 7.92 Å². The molecule has 0 saturated carbocycles. The van der Waals surface area contributed by atoms with E-state index >= 15 is 0 Å². The Morgan fingerprint density at radius 1 is 0.718 bits per heavy atom. The van der Waals surface area contributed by atoms with E-state index in [9.17, 15) is 10.2 Å². The van der Waals surface area contributed by atoms with Crippen LogP contribution in [0.2, 0.25) is 0 Å². The number of hydrogen-bond acceptors (Lipinski definition) is 4. The molecule has 0 aliphatic carbocycles. The second-order valence-corrected chi connectivity index (χ2v) is 15.1. The van der Waals surface area contributed by atoms with E-state index in [1.807, 2.05) is 12.3 Å². The highest BCUT2D eigenvalue weighted by Gasteiger charge is 2.31. The van der Waals surface area contributed by atoms with Gasteiger partial charge in [0.15, 0.2) is 0 Å². The van der Waals surface area contributed by atoms with E-state index in [1.165, 1.54) is 19.3 Å². The van der Waals surface area contributed by atoms with Gasteiger partial charge in [0.25, 0.3) is 0 Å². The molecule has 4 nitrogen and oxygen atoms in total. The Morgan fingerprint density at radius 2 is 1.21 bits per heavy atom. The summed E-state index contributed by atoms with van der Waals surface area (Å²) in [6.07, 6.45) is 5.58. The molecular weight excluding hydrogens is 499 g/mol. The van der Waals surface area contributed by atoms with E-state index in [0.717, 1.165) is 56.8 Å². The number of phenols is 2. The van der Waals surface area contributed by atoms with Crippen molar-refractivity contribution in [2.24, 2.45) is 5.10 Å². The number of aromatic hydroxyl groups is 2. The molecule has 1 saturated heterocycles. The number of benzene rings is 3. The normalized spacial score (nSPS) is 14.9. The van der Waals surface area contributed by atoms with Gasteiger partial charge in [0.1, 0.15) is 11.5 Å². The molecule has 5 heteroatoms. The summed E-state index contributed by atoms with van der Waals surface area (Å²) in [5, 5.41) is 33.5. The maximum Gasteiger partial charge on any atom is 0.127 e. The quantitative estimate of drug-likeness (QED) is 0.272. The van der Waals surface area contributed by atoms with Crippen LogP contribution in [-0.4, -0.2) is 34.5 Å². The Kier molecular flexibility index (Phi) is 8.47. The first-order chi connectivity index (χ1) is 18.3. The number of hydrazone groups is 1. The van der Waals surface area contributed by atoms with Crippen LogP contribution in [0.25, 0.3) is 0 Å². The second kappa shape index (κ2) is 11.3. The summed E-state index contributed by atoms with van der Waals surface area (Å²) in [4.78, 5) is 0. The van der Waals surface area contributed by atoms with Crippen molar-refractivity contribution < 1.29 is 10.2 Å². The monoisotopic (exact) mass is 544 g/mol. The van der Waals surface area contributed by atoms with E-state index in [1.54, 1.807) is 0 Å². The summed E-state index contributed by atoms with van der Waals surface area (Å²) in [6, 6.07) is 16.7. The highest BCUT2D eigenvalue weighted by molar-refractivity contribution is 7.80. The van der Waals surface area contributed by atoms with Crippen LogP contribution in [0.4, 0.5) is 0 Å². The van der Waals surface area contributed by atoms with Gasteiger partial charge in [-0.15, -0.1) is 0 Å². The maximum atomic E-state index is 11.8. The number of hydrogen-bond donors (Lipinski definition) is 2. The number of aryl methyl sites for hydroxylation is 2. The number of nitrogens with zero attached hydrogens (tertiary/aromatic N) is 2. The van der Waals surface area contributed by atoms with Gasteiger partial charge in [0, 0.05) is 40.4 Å². The zero-order valence-corrected chi connectivity index (χ0v) is 25.9. The fourth-order valence-electron chi connectivity index (χ4n) is 5.33. The summed E-state index contributed by atoms with van der Waals surface area (Å²) < 4.78 is 0. The smallest absolute Gasteiger partial charge is 0.127 e. The Labute approximate surface area is 236 Å². The minimum absolute atomic E-state index is 0.230. The van der Waals surface area contributed by atoms with Gasteiger partial charge in [-0.2, -0.15) is 5.10 Å². The van der Waals surface area contributed by atoms with E-state index in [4.69, 9.17) is 5.10 Å². The molecule has 0 bridgehead atoms. The molecule has 4 rings (SSSR count). The van der Waals surface area contributed by atoms with E-state index in [-0.39, 0.29) is 10.8 Å². The number of piperidine rings is 1. The molecule has 0 unspecified atom stereocenters. The van der Waals surface area contributed by atoms with Crippen molar-refractivity contribution in [2.75, 3.05) is 13.1 Å².